The van der Waals surface area contributed by atoms with E-state index in [0.29, 0.717) is 6.29 Å². The summed E-state index contributed by atoms with van der Waals surface area (Å²) in [6.45, 7) is 1.98. The predicted octanol–water partition coefficient (Wildman–Crippen LogP) is 3.42. The molecule has 0 bridgehead atoms. The molecule has 0 radical (unpaired) electrons. The van der Waals surface area contributed by atoms with Crippen LogP contribution >= 0.6 is 11.3 Å². The fraction of sp³-hybridized carbons (Fsp3) is 0.182. The molecule has 0 aliphatic rings. The first-order chi connectivity index (χ1) is 6.77. The summed E-state index contributed by atoms with van der Waals surface area (Å²) in [5.74, 6) is -0.410. The van der Waals surface area contributed by atoms with Crippen molar-refractivity contribution in [1.29, 1.82) is 0 Å². The van der Waals surface area contributed by atoms with Crippen LogP contribution in [0.3, 0.4) is 0 Å². The number of halogens is 1. The Bertz CT molecular complexity index is 487. The number of fused-ring (bicyclic) bond motifs is 1. The molecule has 0 atom stereocenters. The van der Waals surface area contributed by atoms with Gasteiger partial charge in [-0.05, 0) is 34.9 Å². The van der Waals surface area contributed by atoms with E-state index < -0.39 is 5.82 Å². The molecule has 0 saturated carbocycles. The van der Waals surface area contributed by atoms with Crippen molar-refractivity contribution in [3.63, 3.8) is 0 Å². The van der Waals surface area contributed by atoms with Crippen molar-refractivity contribution < 1.29 is 9.18 Å². The van der Waals surface area contributed by atoms with Gasteiger partial charge in [-0.2, -0.15) is 0 Å². The average Bonchev–Trinajstić information content (AvgIpc) is 2.65. The molecule has 0 saturated heterocycles. The van der Waals surface area contributed by atoms with Gasteiger partial charge in [0.05, 0.1) is 5.56 Å². The van der Waals surface area contributed by atoms with E-state index in [9.17, 15) is 9.18 Å². The molecule has 1 aromatic heterocycles. The Balaban J connectivity index is 2.88. The van der Waals surface area contributed by atoms with Crippen molar-refractivity contribution in [1.82, 2.24) is 0 Å². The zero-order valence-electron chi connectivity index (χ0n) is 7.71. The number of aldehydes is 1. The summed E-state index contributed by atoms with van der Waals surface area (Å²) in [6.07, 6.45) is 1.37. The molecule has 0 aliphatic carbocycles. The molecule has 1 heterocycles. The van der Waals surface area contributed by atoms with Crippen molar-refractivity contribution >= 4 is 27.7 Å². The Kier molecular flexibility index (Phi) is 2.33. The van der Waals surface area contributed by atoms with E-state index in [-0.39, 0.29) is 5.56 Å². The monoisotopic (exact) mass is 208 g/mol. The molecular weight excluding hydrogens is 199 g/mol. The Labute approximate surface area is 85.2 Å². The summed E-state index contributed by atoms with van der Waals surface area (Å²) in [6, 6.07) is 3.39. The predicted molar refractivity (Wildman–Crippen MR) is 56.5 cm³/mol. The van der Waals surface area contributed by atoms with E-state index in [1.165, 1.54) is 17.4 Å². The van der Waals surface area contributed by atoms with Crippen LogP contribution in [-0.2, 0) is 6.42 Å². The highest BCUT2D eigenvalue weighted by molar-refractivity contribution is 7.17. The number of hydrogen-bond acceptors (Lipinski definition) is 2. The third-order valence-electron chi connectivity index (χ3n) is 2.31. The lowest BCUT2D eigenvalue weighted by Gasteiger charge is -2.02. The fourth-order valence-electron chi connectivity index (χ4n) is 1.59. The van der Waals surface area contributed by atoms with Gasteiger partial charge in [0.1, 0.15) is 5.82 Å². The van der Waals surface area contributed by atoms with Crippen molar-refractivity contribution in [2.75, 3.05) is 0 Å². The van der Waals surface area contributed by atoms with Gasteiger partial charge in [-0.25, -0.2) is 4.39 Å². The number of thiophene rings is 1. The van der Waals surface area contributed by atoms with Gasteiger partial charge in [-0.15, -0.1) is 11.3 Å². The minimum atomic E-state index is -0.410. The zero-order valence-corrected chi connectivity index (χ0v) is 8.53. The molecule has 0 aliphatic heterocycles. The quantitative estimate of drug-likeness (QED) is 0.691. The van der Waals surface area contributed by atoms with E-state index >= 15 is 0 Å². The normalized spacial score (nSPS) is 10.7. The molecule has 14 heavy (non-hydrogen) atoms. The lowest BCUT2D eigenvalue weighted by atomic mass is 10.0. The largest absolute Gasteiger partial charge is 0.298 e. The van der Waals surface area contributed by atoms with E-state index in [1.54, 1.807) is 0 Å². The van der Waals surface area contributed by atoms with Crippen LogP contribution < -0.4 is 0 Å². The Morgan fingerprint density at radius 1 is 1.57 bits per heavy atom. The molecule has 0 amide bonds. The minimum absolute atomic E-state index is 0.187. The van der Waals surface area contributed by atoms with Gasteiger partial charge in [0.2, 0.25) is 0 Å². The molecule has 0 fully saturated rings. The first-order valence-corrected chi connectivity index (χ1v) is 5.29. The molecule has 1 nitrogen and oxygen atoms in total. The highest BCUT2D eigenvalue weighted by atomic mass is 32.1. The first kappa shape index (κ1) is 9.34. The molecule has 72 valence electrons. The average molecular weight is 208 g/mol. The molecule has 0 N–H and O–H groups in total. The molecule has 0 spiro atoms. The number of carbonyl (C=O) groups excluding carboxylic acids is 1. The summed E-state index contributed by atoms with van der Waals surface area (Å²) >= 11 is 1.41. The van der Waals surface area contributed by atoms with Crippen molar-refractivity contribution in [3.05, 3.63) is 34.5 Å². The Morgan fingerprint density at radius 3 is 3.00 bits per heavy atom. The third-order valence-corrected chi connectivity index (χ3v) is 3.26. The van der Waals surface area contributed by atoms with E-state index in [0.717, 1.165) is 22.1 Å². The second-order valence-corrected chi connectivity index (χ2v) is 3.98. The van der Waals surface area contributed by atoms with Crippen LogP contribution in [-0.4, -0.2) is 6.29 Å². The van der Waals surface area contributed by atoms with Crippen LogP contribution in [0.25, 0.3) is 10.1 Å². The fourth-order valence-corrected chi connectivity index (χ4v) is 2.53. The smallest absolute Gasteiger partial charge is 0.154 e. The zero-order chi connectivity index (χ0) is 10.1. The van der Waals surface area contributed by atoms with E-state index in [4.69, 9.17) is 0 Å². The van der Waals surface area contributed by atoms with Gasteiger partial charge in [0.15, 0.2) is 6.29 Å². The maximum Gasteiger partial charge on any atom is 0.154 e. The SMILES string of the molecule is CCc1cc(F)c(C=O)c2sccc12. The van der Waals surface area contributed by atoms with Crippen LogP contribution in [0.15, 0.2) is 17.5 Å². The molecule has 1 aromatic carbocycles. The second kappa shape index (κ2) is 3.50. The maximum atomic E-state index is 13.4. The van der Waals surface area contributed by atoms with Crippen LogP contribution in [0, 0.1) is 5.82 Å². The standard InChI is InChI=1S/C11H9FOS/c1-2-7-5-10(12)9(6-13)11-8(7)3-4-14-11/h3-6H,2H2,1H3. The third kappa shape index (κ3) is 1.24. The van der Waals surface area contributed by atoms with Gasteiger partial charge in [-0.1, -0.05) is 6.92 Å². The topological polar surface area (TPSA) is 17.1 Å². The first-order valence-electron chi connectivity index (χ1n) is 4.41. The van der Waals surface area contributed by atoms with Gasteiger partial charge in [-0.3, -0.25) is 4.79 Å². The highest BCUT2D eigenvalue weighted by Crippen LogP contribution is 2.29. The Hall–Kier alpha value is -1.22. The number of aryl methyl sites for hydroxylation is 1. The van der Waals surface area contributed by atoms with Gasteiger partial charge in [0.25, 0.3) is 0 Å². The summed E-state index contributed by atoms with van der Waals surface area (Å²) in [5, 5.41) is 2.89. The Morgan fingerprint density at radius 2 is 2.36 bits per heavy atom. The van der Waals surface area contributed by atoms with Crippen LogP contribution in [0.1, 0.15) is 22.8 Å². The maximum absolute atomic E-state index is 13.4. The summed E-state index contributed by atoms with van der Waals surface area (Å²) in [7, 11) is 0. The van der Waals surface area contributed by atoms with Crippen LogP contribution in [0.2, 0.25) is 0 Å². The van der Waals surface area contributed by atoms with E-state index in [1.807, 2.05) is 18.4 Å². The number of rotatable bonds is 2. The number of benzene rings is 1. The van der Waals surface area contributed by atoms with E-state index in [2.05, 4.69) is 0 Å². The molecule has 3 heteroatoms. The summed E-state index contributed by atoms with van der Waals surface area (Å²) < 4.78 is 14.2. The molecule has 0 unspecified atom stereocenters. The lowest BCUT2D eigenvalue weighted by molar-refractivity contribution is 0.112. The van der Waals surface area contributed by atoms with Gasteiger partial charge in [0, 0.05) is 4.70 Å². The minimum Gasteiger partial charge on any atom is -0.298 e. The van der Waals surface area contributed by atoms with Crippen molar-refractivity contribution in [2.45, 2.75) is 13.3 Å². The number of carbonyl (C=O) groups is 1. The second-order valence-electron chi connectivity index (χ2n) is 3.07. The van der Waals surface area contributed by atoms with Crippen LogP contribution in [0.5, 0.6) is 0 Å². The van der Waals surface area contributed by atoms with Crippen molar-refractivity contribution in [2.24, 2.45) is 0 Å². The van der Waals surface area contributed by atoms with Gasteiger partial charge >= 0.3 is 0 Å². The molecular formula is C11H9FOS. The van der Waals surface area contributed by atoms with Gasteiger partial charge < -0.3 is 0 Å². The number of hydrogen-bond donors (Lipinski definition) is 0. The summed E-state index contributed by atoms with van der Waals surface area (Å²) in [4.78, 5) is 10.7. The van der Waals surface area contributed by atoms with Crippen molar-refractivity contribution in [3.8, 4) is 0 Å². The lowest BCUT2D eigenvalue weighted by Crippen LogP contribution is -1.91. The molecule has 2 rings (SSSR count). The van der Waals surface area contributed by atoms with Crippen LogP contribution in [0.4, 0.5) is 4.39 Å². The molecule has 2 aromatic rings. The highest BCUT2D eigenvalue weighted by Gasteiger charge is 2.11. The summed E-state index contributed by atoms with van der Waals surface area (Å²) in [5.41, 5.74) is 1.15.